The van der Waals surface area contributed by atoms with Crippen LogP contribution in [0.25, 0.3) is 11.2 Å². The molecule has 0 amide bonds. The maximum atomic E-state index is 11.1. The van der Waals surface area contributed by atoms with E-state index in [2.05, 4.69) is 15.0 Å². The number of fused-ring (bicyclic) bond motifs is 1. The molecule has 0 aliphatic carbocycles. The number of hydrogen-bond acceptors (Lipinski definition) is 9. The van der Waals surface area contributed by atoms with E-state index in [9.17, 15) is 19.8 Å². The van der Waals surface area contributed by atoms with Gasteiger partial charge in [-0.2, -0.15) is 0 Å². The number of nitrogens with two attached hydrogens (primary N) is 1. The lowest BCUT2D eigenvalue weighted by atomic mass is 10.0. The molecule has 0 spiro atoms. The fourth-order valence-corrected chi connectivity index (χ4v) is 2.82. The molecule has 0 radical (unpaired) electrons. The van der Waals surface area contributed by atoms with Gasteiger partial charge < -0.3 is 25.8 Å². The summed E-state index contributed by atoms with van der Waals surface area (Å²) in [6.07, 6.45) is -1.22. The molecular formula is C14H17N5O6. The normalized spacial score (nSPS) is 26.2. The molecule has 134 valence electrons. The minimum Gasteiger partial charge on any atom is -0.476 e. The predicted octanol–water partition coefficient (Wildman–Crippen LogP) is -1.15. The summed E-state index contributed by atoms with van der Waals surface area (Å²) < 4.78 is 7.13. The van der Waals surface area contributed by atoms with Gasteiger partial charge in [-0.25, -0.2) is 19.7 Å². The molecule has 5 N–H and O–H groups in total. The first-order valence-electron chi connectivity index (χ1n) is 7.61. The predicted molar refractivity (Wildman–Crippen MR) is 82.2 cm³/mol. The van der Waals surface area contributed by atoms with Gasteiger partial charge >= 0.3 is 5.97 Å². The van der Waals surface area contributed by atoms with E-state index < -0.39 is 36.3 Å². The van der Waals surface area contributed by atoms with Crippen molar-refractivity contribution in [1.29, 1.82) is 0 Å². The first-order valence-corrected chi connectivity index (χ1v) is 7.61. The Morgan fingerprint density at radius 1 is 1.24 bits per heavy atom. The Bertz CT molecular complexity index is 808. The van der Waals surface area contributed by atoms with E-state index in [0.29, 0.717) is 11.2 Å². The molecule has 0 unspecified atom stereocenters. The van der Waals surface area contributed by atoms with Crippen molar-refractivity contribution in [2.75, 3.05) is 5.73 Å². The van der Waals surface area contributed by atoms with Crippen LogP contribution in [0.3, 0.4) is 0 Å². The summed E-state index contributed by atoms with van der Waals surface area (Å²) >= 11 is 0. The summed E-state index contributed by atoms with van der Waals surface area (Å²) in [6, 6.07) is 0. The maximum Gasteiger partial charge on any atom is 0.372 e. The van der Waals surface area contributed by atoms with Gasteiger partial charge in [-0.3, -0.25) is 9.36 Å². The fourth-order valence-electron chi connectivity index (χ4n) is 2.82. The van der Waals surface area contributed by atoms with Gasteiger partial charge in [0.2, 0.25) is 5.78 Å². The van der Waals surface area contributed by atoms with Gasteiger partial charge in [-0.15, -0.1) is 0 Å². The van der Waals surface area contributed by atoms with Crippen LogP contribution in [0.15, 0.2) is 12.7 Å². The van der Waals surface area contributed by atoms with Gasteiger partial charge in [0.25, 0.3) is 0 Å². The molecule has 1 saturated heterocycles. The van der Waals surface area contributed by atoms with Gasteiger partial charge in [0.15, 0.2) is 17.7 Å². The van der Waals surface area contributed by atoms with Crippen LogP contribution in [0.5, 0.6) is 0 Å². The minimum atomic E-state index is -1.49. The lowest BCUT2D eigenvalue weighted by Crippen LogP contribution is -2.31. The minimum absolute atomic E-state index is 0.166. The summed E-state index contributed by atoms with van der Waals surface area (Å²) in [7, 11) is 0. The van der Waals surface area contributed by atoms with Crippen LogP contribution in [0, 0.1) is 0 Å². The topological polar surface area (TPSA) is 174 Å². The van der Waals surface area contributed by atoms with E-state index in [-0.39, 0.29) is 25.1 Å². The summed E-state index contributed by atoms with van der Waals surface area (Å²) in [5.41, 5.74) is 6.42. The smallest absolute Gasteiger partial charge is 0.372 e. The second-order valence-electron chi connectivity index (χ2n) is 5.75. The molecule has 0 saturated carbocycles. The molecule has 11 heteroatoms. The molecule has 4 atom stereocenters. The standard InChI is InChI=1S/C14H17N5O6/c15-11-8-12(17-4-16-11)19(5-18-8)13-10(22)9(21)7(25-13)3-1-2-6(20)14(23)24/h4-5,7,9-10,13,21-22H,1-3H2,(H,23,24)(H2,15,16,17)/t7-,9-,10-,13-/m1/s1. The van der Waals surface area contributed by atoms with Gasteiger partial charge in [-0.05, 0) is 12.8 Å². The highest BCUT2D eigenvalue weighted by atomic mass is 16.6. The molecule has 3 rings (SSSR count). The highest BCUT2D eigenvalue weighted by Crippen LogP contribution is 2.33. The highest BCUT2D eigenvalue weighted by molar-refractivity contribution is 6.32. The number of ketones is 1. The number of aliphatic carboxylic acids is 1. The number of imidazole rings is 1. The number of anilines is 1. The fraction of sp³-hybridized carbons (Fsp3) is 0.500. The van der Waals surface area contributed by atoms with E-state index in [1.165, 1.54) is 17.2 Å². The zero-order valence-corrected chi connectivity index (χ0v) is 13.0. The lowest BCUT2D eigenvalue weighted by Gasteiger charge is -2.16. The van der Waals surface area contributed by atoms with Crippen LogP contribution in [-0.4, -0.2) is 64.9 Å². The van der Waals surface area contributed by atoms with Gasteiger partial charge in [-0.1, -0.05) is 0 Å². The number of carboxylic acids is 1. The summed E-state index contributed by atoms with van der Waals surface area (Å²) in [6.45, 7) is 0. The van der Waals surface area contributed by atoms with Gasteiger partial charge in [0, 0.05) is 6.42 Å². The molecule has 25 heavy (non-hydrogen) atoms. The average Bonchev–Trinajstić information content (AvgIpc) is 3.12. The Kier molecular flexibility index (Phi) is 4.61. The van der Waals surface area contributed by atoms with Crippen LogP contribution in [0.1, 0.15) is 25.5 Å². The average molecular weight is 351 g/mol. The quantitative estimate of drug-likeness (QED) is 0.465. The summed E-state index contributed by atoms with van der Waals surface area (Å²) in [5, 5.41) is 29.0. The van der Waals surface area contributed by atoms with Crippen molar-refractivity contribution in [2.45, 2.75) is 43.8 Å². The Labute approximate surface area is 141 Å². The molecule has 0 bridgehead atoms. The Morgan fingerprint density at radius 3 is 2.72 bits per heavy atom. The van der Waals surface area contributed by atoms with E-state index in [1.807, 2.05) is 0 Å². The van der Waals surface area contributed by atoms with E-state index in [1.54, 1.807) is 0 Å². The largest absolute Gasteiger partial charge is 0.476 e. The number of carboxylic acid groups (broad SMARTS) is 1. The molecule has 0 aromatic carbocycles. The van der Waals surface area contributed by atoms with Crippen molar-refractivity contribution in [3.63, 3.8) is 0 Å². The molecule has 11 nitrogen and oxygen atoms in total. The van der Waals surface area contributed by atoms with Crippen LogP contribution in [-0.2, 0) is 14.3 Å². The SMILES string of the molecule is Nc1ncnc2c1ncn2[C@@H]1O[C@H](CCCC(=O)C(=O)O)[C@@H](O)[C@H]1O. The monoisotopic (exact) mass is 351 g/mol. The number of Topliss-reactive ketones (excluding diaryl/α,β-unsaturated/α-hetero) is 1. The number of rotatable bonds is 6. The molecule has 2 aromatic rings. The number of aliphatic hydroxyl groups is 2. The zero-order chi connectivity index (χ0) is 18.1. The van der Waals surface area contributed by atoms with Crippen LogP contribution in [0.2, 0.25) is 0 Å². The molecule has 3 heterocycles. The second-order valence-corrected chi connectivity index (χ2v) is 5.75. The zero-order valence-electron chi connectivity index (χ0n) is 13.0. The molecule has 1 aliphatic heterocycles. The Hall–Kier alpha value is -2.63. The first kappa shape index (κ1) is 17.2. The highest BCUT2D eigenvalue weighted by Gasteiger charge is 2.44. The third-order valence-electron chi connectivity index (χ3n) is 4.13. The summed E-state index contributed by atoms with van der Waals surface area (Å²) in [5.74, 6) is -2.22. The van der Waals surface area contributed by atoms with Crippen molar-refractivity contribution in [3.8, 4) is 0 Å². The van der Waals surface area contributed by atoms with Gasteiger partial charge in [0.05, 0.1) is 12.4 Å². The van der Waals surface area contributed by atoms with Crippen molar-refractivity contribution in [2.24, 2.45) is 0 Å². The number of aliphatic hydroxyl groups excluding tert-OH is 2. The van der Waals surface area contributed by atoms with Crippen molar-refractivity contribution < 1.29 is 29.6 Å². The molecule has 1 aliphatic rings. The second kappa shape index (κ2) is 6.70. The number of nitrogen functional groups attached to an aromatic ring is 1. The molecular weight excluding hydrogens is 334 g/mol. The number of carbonyl (C=O) groups excluding carboxylic acids is 1. The maximum absolute atomic E-state index is 11.1. The van der Waals surface area contributed by atoms with Crippen molar-refractivity contribution >= 4 is 28.7 Å². The third-order valence-corrected chi connectivity index (χ3v) is 4.13. The number of ether oxygens (including phenoxy) is 1. The molecule has 2 aromatic heterocycles. The van der Waals surface area contributed by atoms with E-state index in [4.69, 9.17) is 15.6 Å². The first-order chi connectivity index (χ1) is 11.9. The van der Waals surface area contributed by atoms with Crippen LogP contribution in [0.4, 0.5) is 5.82 Å². The Balaban J connectivity index is 1.72. The van der Waals surface area contributed by atoms with Crippen LogP contribution < -0.4 is 5.73 Å². The van der Waals surface area contributed by atoms with E-state index in [0.717, 1.165) is 0 Å². The van der Waals surface area contributed by atoms with Crippen molar-refractivity contribution in [3.05, 3.63) is 12.7 Å². The Morgan fingerprint density at radius 2 is 2.00 bits per heavy atom. The number of carbonyl (C=O) groups is 2. The van der Waals surface area contributed by atoms with Gasteiger partial charge in [0.1, 0.15) is 24.1 Å². The number of hydrogen-bond donors (Lipinski definition) is 4. The van der Waals surface area contributed by atoms with Crippen molar-refractivity contribution in [1.82, 2.24) is 19.5 Å². The number of aromatic nitrogens is 4. The van der Waals surface area contributed by atoms with Crippen LogP contribution >= 0.6 is 0 Å². The lowest BCUT2D eigenvalue weighted by molar-refractivity contribution is -0.149. The number of nitrogens with zero attached hydrogens (tertiary/aromatic N) is 4. The summed E-state index contributed by atoms with van der Waals surface area (Å²) in [4.78, 5) is 33.6. The molecule has 1 fully saturated rings. The third kappa shape index (κ3) is 3.16. The van der Waals surface area contributed by atoms with E-state index >= 15 is 0 Å².